The molecule has 0 spiro atoms. The highest BCUT2D eigenvalue weighted by Crippen LogP contribution is 2.06. The van der Waals surface area contributed by atoms with Crippen molar-refractivity contribution in [2.24, 2.45) is 5.73 Å². The molecule has 1 aliphatic rings. The van der Waals surface area contributed by atoms with Gasteiger partial charge in [-0.25, -0.2) is 0 Å². The lowest BCUT2D eigenvalue weighted by atomic mass is 10.1. The zero-order chi connectivity index (χ0) is 12.7. The van der Waals surface area contributed by atoms with E-state index in [1.807, 2.05) is 0 Å². The van der Waals surface area contributed by atoms with Gasteiger partial charge in [0.15, 0.2) is 0 Å². The Morgan fingerprint density at radius 1 is 1.35 bits per heavy atom. The molecule has 1 rings (SSSR count). The summed E-state index contributed by atoms with van der Waals surface area (Å²) < 4.78 is 0. The molecular formula is C12H23N3O2. The molecule has 5 heteroatoms. The summed E-state index contributed by atoms with van der Waals surface area (Å²) in [6, 6.07) is -0.485. The SMILES string of the molecule is CCCCC(N)C(=O)NCC(=O)N1CCCC1. The van der Waals surface area contributed by atoms with Crippen LogP contribution >= 0.6 is 0 Å². The van der Waals surface area contributed by atoms with Crippen molar-refractivity contribution in [1.82, 2.24) is 10.2 Å². The number of hydrogen-bond acceptors (Lipinski definition) is 3. The van der Waals surface area contributed by atoms with E-state index < -0.39 is 6.04 Å². The van der Waals surface area contributed by atoms with Crippen LogP contribution in [0.1, 0.15) is 39.0 Å². The van der Waals surface area contributed by atoms with Crippen LogP contribution in [-0.2, 0) is 9.59 Å². The molecule has 1 atom stereocenters. The maximum absolute atomic E-state index is 11.7. The van der Waals surface area contributed by atoms with Crippen LogP contribution in [0.15, 0.2) is 0 Å². The Bertz CT molecular complexity index is 262. The number of nitrogens with one attached hydrogen (secondary N) is 1. The van der Waals surface area contributed by atoms with Crippen LogP contribution in [0.4, 0.5) is 0 Å². The lowest BCUT2D eigenvalue weighted by molar-refractivity contribution is -0.132. The molecule has 1 aliphatic heterocycles. The van der Waals surface area contributed by atoms with Crippen LogP contribution < -0.4 is 11.1 Å². The first kappa shape index (κ1) is 14.0. The minimum absolute atomic E-state index is 0.00135. The van der Waals surface area contributed by atoms with E-state index in [1.165, 1.54) is 0 Å². The molecule has 2 amide bonds. The second-order valence-corrected chi connectivity index (χ2v) is 4.55. The summed E-state index contributed by atoms with van der Waals surface area (Å²) in [7, 11) is 0. The number of nitrogens with zero attached hydrogens (tertiary/aromatic N) is 1. The van der Waals surface area contributed by atoms with Crippen LogP contribution in [0.2, 0.25) is 0 Å². The van der Waals surface area contributed by atoms with Gasteiger partial charge in [0.1, 0.15) is 0 Å². The molecule has 5 nitrogen and oxygen atoms in total. The number of amides is 2. The van der Waals surface area contributed by atoms with E-state index in [-0.39, 0.29) is 18.4 Å². The maximum atomic E-state index is 11.7. The summed E-state index contributed by atoms with van der Waals surface area (Å²) in [5.41, 5.74) is 5.71. The molecule has 0 aromatic rings. The summed E-state index contributed by atoms with van der Waals surface area (Å²) in [5, 5.41) is 2.61. The molecule has 0 aromatic carbocycles. The van der Waals surface area contributed by atoms with Gasteiger partial charge in [0.25, 0.3) is 0 Å². The Hall–Kier alpha value is -1.10. The second-order valence-electron chi connectivity index (χ2n) is 4.55. The highest BCUT2D eigenvalue weighted by molar-refractivity contribution is 5.87. The Morgan fingerprint density at radius 3 is 2.59 bits per heavy atom. The molecule has 98 valence electrons. The first-order valence-electron chi connectivity index (χ1n) is 6.46. The maximum Gasteiger partial charge on any atom is 0.241 e. The lowest BCUT2D eigenvalue weighted by Crippen LogP contribution is -2.45. The fraction of sp³-hybridized carbons (Fsp3) is 0.833. The van der Waals surface area contributed by atoms with Crippen molar-refractivity contribution in [3.63, 3.8) is 0 Å². The van der Waals surface area contributed by atoms with Gasteiger partial charge < -0.3 is 16.0 Å². The quantitative estimate of drug-likeness (QED) is 0.699. The molecular weight excluding hydrogens is 218 g/mol. The molecule has 0 radical (unpaired) electrons. The zero-order valence-electron chi connectivity index (χ0n) is 10.6. The van der Waals surface area contributed by atoms with Crippen molar-refractivity contribution in [2.45, 2.75) is 45.1 Å². The molecule has 1 heterocycles. The van der Waals surface area contributed by atoms with Gasteiger partial charge in [0.05, 0.1) is 12.6 Å². The van der Waals surface area contributed by atoms with Gasteiger partial charge in [-0.15, -0.1) is 0 Å². The van der Waals surface area contributed by atoms with E-state index >= 15 is 0 Å². The van der Waals surface area contributed by atoms with E-state index in [2.05, 4.69) is 12.2 Å². The van der Waals surface area contributed by atoms with E-state index in [0.717, 1.165) is 38.8 Å². The fourth-order valence-electron chi connectivity index (χ4n) is 1.93. The summed E-state index contributed by atoms with van der Waals surface area (Å²) in [6.07, 6.45) is 4.77. The molecule has 3 N–H and O–H groups in total. The third kappa shape index (κ3) is 4.73. The van der Waals surface area contributed by atoms with Gasteiger partial charge >= 0.3 is 0 Å². The van der Waals surface area contributed by atoms with E-state index in [4.69, 9.17) is 5.73 Å². The average molecular weight is 241 g/mol. The Kier molecular flexibility index (Phi) is 5.97. The van der Waals surface area contributed by atoms with Crippen LogP contribution in [0, 0.1) is 0 Å². The number of carbonyl (C=O) groups is 2. The molecule has 0 aromatic heterocycles. The Balaban J connectivity index is 2.20. The first-order valence-corrected chi connectivity index (χ1v) is 6.46. The van der Waals surface area contributed by atoms with Gasteiger partial charge in [0.2, 0.25) is 11.8 Å². The van der Waals surface area contributed by atoms with E-state index in [0.29, 0.717) is 6.42 Å². The van der Waals surface area contributed by atoms with Crippen molar-refractivity contribution in [3.8, 4) is 0 Å². The number of nitrogens with two attached hydrogens (primary N) is 1. The second kappa shape index (κ2) is 7.27. The average Bonchev–Trinajstić information content (AvgIpc) is 2.86. The number of likely N-dealkylation sites (tertiary alicyclic amines) is 1. The lowest BCUT2D eigenvalue weighted by Gasteiger charge is -2.16. The molecule has 1 fully saturated rings. The monoisotopic (exact) mass is 241 g/mol. The van der Waals surface area contributed by atoms with Crippen molar-refractivity contribution < 1.29 is 9.59 Å². The van der Waals surface area contributed by atoms with Gasteiger partial charge in [-0.2, -0.15) is 0 Å². The fourth-order valence-corrected chi connectivity index (χ4v) is 1.93. The summed E-state index contributed by atoms with van der Waals surface area (Å²) in [5.74, 6) is -0.218. The Labute approximate surface area is 103 Å². The van der Waals surface area contributed by atoms with Crippen molar-refractivity contribution in [1.29, 1.82) is 0 Å². The van der Waals surface area contributed by atoms with Gasteiger partial charge in [0, 0.05) is 13.1 Å². The van der Waals surface area contributed by atoms with Crippen molar-refractivity contribution in [3.05, 3.63) is 0 Å². The van der Waals surface area contributed by atoms with Gasteiger partial charge in [-0.3, -0.25) is 9.59 Å². The largest absolute Gasteiger partial charge is 0.346 e. The standard InChI is InChI=1S/C12H23N3O2/c1-2-3-6-10(13)12(17)14-9-11(16)15-7-4-5-8-15/h10H,2-9,13H2,1H3,(H,14,17). The predicted molar refractivity (Wildman–Crippen MR) is 66.3 cm³/mol. The number of carbonyl (C=O) groups excluding carboxylic acids is 2. The number of unbranched alkanes of at least 4 members (excludes halogenated alkanes) is 1. The summed E-state index contributed by atoms with van der Waals surface area (Å²) >= 11 is 0. The van der Waals surface area contributed by atoms with E-state index in [1.54, 1.807) is 4.90 Å². The first-order chi connectivity index (χ1) is 8.15. The predicted octanol–water partition coefficient (Wildman–Crippen LogP) is 0.243. The molecule has 1 saturated heterocycles. The summed E-state index contributed by atoms with van der Waals surface area (Å²) in [6.45, 7) is 3.77. The van der Waals surface area contributed by atoms with Crippen LogP contribution in [-0.4, -0.2) is 42.4 Å². The molecule has 17 heavy (non-hydrogen) atoms. The number of hydrogen-bond donors (Lipinski definition) is 2. The summed E-state index contributed by atoms with van der Waals surface area (Å²) in [4.78, 5) is 25.0. The van der Waals surface area contributed by atoms with Crippen LogP contribution in [0.3, 0.4) is 0 Å². The molecule has 0 aliphatic carbocycles. The smallest absolute Gasteiger partial charge is 0.241 e. The highest BCUT2D eigenvalue weighted by atomic mass is 16.2. The third-order valence-corrected chi connectivity index (χ3v) is 3.08. The highest BCUT2D eigenvalue weighted by Gasteiger charge is 2.19. The van der Waals surface area contributed by atoms with Crippen LogP contribution in [0.5, 0.6) is 0 Å². The van der Waals surface area contributed by atoms with Gasteiger partial charge in [-0.05, 0) is 19.3 Å². The minimum atomic E-state index is -0.485. The topological polar surface area (TPSA) is 75.4 Å². The molecule has 1 unspecified atom stereocenters. The van der Waals surface area contributed by atoms with E-state index in [9.17, 15) is 9.59 Å². The number of rotatable bonds is 6. The zero-order valence-corrected chi connectivity index (χ0v) is 10.6. The minimum Gasteiger partial charge on any atom is -0.346 e. The molecule has 0 saturated carbocycles. The van der Waals surface area contributed by atoms with Crippen LogP contribution in [0.25, 0.3) is 0 Å². The van der Waals surface area contributed by atoms with Crippen molar-refractivity contribution in [2.75, 3.05) is 19.6 Å². The molecule has 0 bridgehead atoms. The van der Waals surface area contributed by atoms with Gasteiger partial charge in [-0.1, -0.05) is 19.8 Å². The Morgan fingerprint density at radius 2 is 2.00 bits per heavy atom. The normalized spacial score (nSPS) is 16.9. The van der Waals surface area contributed by atoms with Crippen molar-refractivity contribution >= 4 is 11.8 Å². The third-order valence-electron chi connectivity index (χ3n) is 3.08.